The van der Waals surface area contributed by atoms with Gasteiger partial charge in [0.2, 0.25) is 0 Å². The van der Waals surface area contributed by atoms with E-state index in [9.17, 15) is 19.7 Å². The number of hydrogen-bond acceptors (Lipinski definition) is 5. The summed E-state index contributed by atoms with van der Waals surface area (Å²) in [7, 11) is 0. The summed E-state index contributed by atoms with van der Waals surface area (Å²) in [4.78, 5) is 33.6. The highest BCUT2D eigenvalue weighted by Gasteiger charge is 2.18. The molecular weight excluding hydrogens is 314 g/mol. The molecule has 24 heavy (non-hydrogen) atoms. The zero-order valence-electron chi connectivity index (χ0n) is 12.8. The van der Waals surface area contributed by atoms with E-state index in [1.807, 2.05) is 0 Å². The minimum Gasteiger partial charge on any atom is -0.481 e. The average molecular weight is 329 g/mol. The lowest BCUT2D eigenvalue weighted by Crippen LogP contribution is -2.31. The van der Waals surface area contributed by atoms with Gasteiger partial charge in [-0.3, -0.25) is 19.7 Å². The van der Waals surface area contributed by atoms with Crippen LogP contribution >= 0.6 is 0 Å². The molecule has 3 N–H and O–H groups in total. The summed E-state index contributed by atoms with van der Waals surface area (Å²) in [6.07, 6.45) is -0.882. The van der Waals surface area contributed by atoms with Gasteiger partial charge in [0.25, 0.3) is 17.5 Å². The summed E-state index contributed by atoms with van der Waals surface area (Å²) in [5, 5.41) is 13.2. The molecule has 0 spiro atoms. The Labute approximate surface area is 137 Å². The monoisotopic (exact) mass is 329 g/mol. The van der Waals surface area contributed by atoms with Crippen LogP contribution in [0.3, 0.4) is 0 Å². The molecule has 0 aliphatic carbocycles. The standard InChI is InChI=1S/C16H15N3O5/c1-10(24-12-8-6-11(7-9-12)19(22)23)16(21)18-14-5-3-2-4-13(14)15(17)20/h2-10H,1H3,(H2,17,20)(H,18,21). The number of non-ortho nitro benzene ring substituents is 1. The first-order valence-electron chi connectivity index (χ1n) is 6.99. The van der Waals surface area contributed by atoms with Crippen molar-refractivity contribution in [3.63, 3.8) is 0 Å². The van der Waals surface area contributed by atoms with Crippen molar-refractivity contribution in [2.45, 2.75) is 13.0 Å². The topological polar surface area (TPSA) is 125 Å². The highest BCUT2D eigenvalue weighted by Crippen LogP contribution is 2.19. The molecule has 2 amide bonds. The molecule has 0 bridgehead atoms. The molecule has 0 aromatic heterocycles. The van der Waals surface area contributed by atoms with Crippen LogP contribution in [-0.2, 0) is 4.79 Å². The SMILES string of the molecule is CC(Oc1ccc([N+](=O)[O-])cc1)C(=O)Nc1ccccc1C(N)=O. The Hall–Kier alpha value is -3.42. The van der Waals surface area contributed by atoms with Crippen molar-refractivity contribution >= 4 is 23.2 Å². The molecule has 8 heteroatoms. The van der Waals surface area contributed by atoms with Crippen molar-refractivity contribution in [3.8, 4) is 5.75 Å². The summed E-state index contributed by atoms with van der Waals surface area (Å²) in [5.41, 5.74) is 5.65. The second-order valence-corrected chi connectivity index (χ2v) is 4.91. The Bertz CT molecular complexity index is 774. The number of anilines is 1. The summed E-state index contributed by atoms with van der Waals surface area (Å²) in [6.45, 7) is 1.52. The molecular formula is C16H15N3O5. The number of hydrogen-bond donors (Lipinski definition) is 2. The number of rotatable bonds is 6. The average Bonchev–Trinajstić information content (AvgIpc) is 2.55. The van der Waals surface area contributed by atoms with Crippen LogP contribution in [0.5, 0.6) is 5.75 Å². The van der Waals surface area contributed by atoms with E-state index in [4.69, 9.17) is 10.5 Å². The molecule has 8 nitrogen and oxygen atoms in total. The number of nitrogens with zero attached hydrogens (tertiary/aromatic N) is 1. The summed E-state index contributed by atoms with van der Waals surface area (Å²) in [6, 6.07) is 11.7. The second-order valence-electron chi connectivity index (χ2n) is 4.91. The van der Waals surface area contributed by atoms with Crippen molar-refractivity contribution in [3.05, 3.63) is 64.2 Å². The van der Waals surface area contributed by atoms with Gasteiger partial charge in [-0.25, -0.2) is 0 Å². The number of ether oxygens (including phenoxy) is 1. The van der Waals surface area contributed by atoms with E-state index >= 15 is 0 Å². The van der Waals surface area contributed by atoms with Crippen LogP contribution in [-0.4, -0.2) is 22.8 Å². The molecule has 2 rings (SSSR count). The van der Waals surface area contributed by atoms with Gasteiger partial charge >= 0.3 is 0 Å². The third-order valence-corrected chi connectivity index (χ3v) is 3.18. The lowest BCUT2D eigenvalue weighted by atomic mass is 10.1. The maximum Gasteiger partial charge on any atom is 0.269 e. The molecule has 0 saturated heterocycles. The third kappa shape index (κ3) is 4.07. The van der Waals surface area contributed by atoms with Gasteiger partial charge < -0.3 is 15.8 Å². The number of nitro groups is 1. The Morgan fingerprint density at radius 2 is 1.79 bits per heavy atom. The predicted molar refractivity (Wildman–Crippen MR) is 86.8 cm³/mol. The van der Waals surface area contributed by atoms with Crippen LogP contribution in [0.2, 0.25) is 0 Å². The fourth-order valence-corrected chi connectivity index (χ4v) is 1.95. The van der Waals surface area contributed by atoms with Crippen LogP contribution in [0.25, 0.3) is 0 Å². The number of amides is 2. The molecule has 2 aromatic rings. The van der Waals surface area contributed by atoms with Crippen molar-refractivity contribution in [2.24, 2.45) is 5.73 Å². The van der Waals surface area contributed by atoms with Crippen molar-refractivity contribution in [1.29, 1.82) is 0 Å². The Morgan fingerprint density at radius 1 is 1.17 bits per heavy atom. The summed E-state index contributed by atoms with van der Waals surface area (Å²) >= 11 is 0. The van der Waals surface area contributed by atoms with E-state index in [1.54, 1.807) is 18.2 Å². The minimum absolute atomic E-state index is 0.0742. The van der Waals surface area contributed by atoms with E-state index in [-0.39, 0.29) is 16.9 Å². The van der Waals surface area contributed by atoms with Crippen LogP contribution in [0.4, 0.5) is 11.4 Å². The largest absolute Gasteiger partial charge is 0.481 e. The lowest BCUT2D eigenvalue weighted by Gasteiger charge is -2.15. The van der Waals surface area contributed by atoms with Crippen LogP contribution < -0.4 is 15.8 Å². The molecule has 1 unspecified atom stereocenters. The second kappa shape index (κ2) is 7.23. The fourth-order valence-electron chi connectivity index (χ4n) is 1.95. The van der Waals surface area contributed by atoms with Crippen LogP contribution in [0, 0.1) is 10.1 Å². The maximum absolute atomic E-state index is 12.2. The molecule has 1 atom stereocenters. The summed E-state index contributed by atoms with van der Waals surface area (Å²) < 4.78 is 5.43. The number of para-hydroxylation sites is 1. The third-order valence-electron chi connectivity index (χ3n) is 3.18. The van der Waals surface area contributed by atoms with E-state index in [0.29, 0.717) is 5.75 Å². The van der Waals surface area contributed by atoms with Gasteiger partial charge in [-0.1, -0.05) is 12.1 Å². The maximum atomic E-state index is 12.2. The number of nitro benzene ring substituents is 1. The molecule has 0 aliphatic heterocycles. The van der Waals surface area contributed by atoms with E-state index in [2.05, 4.69) is 5.32 Å². The molecule has 0 heterocycles. The number of nitrogens with two attached hydrogens (primary N) is 1. The van der Waals surface area contributed by atoms with E-state index in [0.717, 1.165) is 0 Å². The fraction of sp³-hybridized carbons (Fsp3) is 0.125. The normalized spacial score (nSPS) is 11.4. The Morgan fingerprint density at radius 3 is 2.38 bits per heavy atom. The zero-order valence-corrected chi connectivity index (χ0v) is 12.8. The number of nitrogens with one attached hydrogen (secondary N) is 1. The zero-order chi connectivity index (χ0) is 17.7. The highest BCUT2D eigenvalue weighted by atomic mass is 16.6. The first-order chi connectivity index (χ1) is 11.4. The van der Waals surface area contributed by atoms with Gasteiger partial charge in [0, 0.05) is 12.1 Å². The van der Waals surface area contributed by atoms with E-state index < -0.39 is 22.8 Å². The molecule has 0 fully saturated rings. The Kier molecular flexibility index (Phi) is 5.10. The van der Waals surface area contributed by atoms with Gasteiger partial charge in [0.05, 0.1) is 16.2 Å². The first-order valence-corrected chi connectivity index (χ1v) is 6.99. The predicted octanol–water partition coefficient (Wildman–Crippen LogP) is 2.10. The van der Waals surface area contributed by atoms with Crippen molar-refractivity contribution in [1.82, 2.24) is 0 Å². The molecule has 0 radical (unpaired) electrons. The molecule has 124 valence electrons. The molecule has 2 aromatic carbocycles. The van der Waals surface area contributed by atoms with Gasteiger partial charge in [-0.15, -0.1) is 0 Å². The van der Waals surface area contributed by atoms with Crippen molar-refractivity contribution in [2.75, 3.05) is 5.32 Å². The molecule has 0 aliphatic rings. The lowest BCUT2D eigenvalue weighted by molar-refractivity contribution is -0.384. The minimum atomic E-state index is -0.882. The first kappa shape index (κ1) is 16.9. The number of primary amides is 1. The van der Waals surface area contributed by atoms with Gasteiger partial charge in [-0.2, -0.15) is 0 Å². The quantitative estimate of drug-likeness (QED) is 0.620. The van der Waals surface area contributed by atoms with Gasteiger partial charge in [0.15, 0.2) is 6.10 Å². The smallest absolute Gasteiger partial charge is 0.269 e. The van der Waals surface area contributed by atoms with Crippen molar-refractivity contribution < 1.29 is 19.2 Å². The summed E-state index contributed by atoms with van der Waals surface area (Å²) in [5.74, 6) is -0.830. The number of benzene rings is 2. The number of carbonyl (C=O) groups excluding carboxylic acids is 2. The molecule has 0 saturated carbocycles. The Balaban J connectivity index is 2.05. The van der Waals surface area contributed by atoms with E-state index in [1.165, 1.54) is 37.3 Å². The van der Waals surface area contributed by atoms with Gasteiger partial charge in [0.1, 0.15) is 5.75 Å². The van der Waals surface area contributed by atoms with Crippen LogP contribution in [0.1, 0.15) is 17.3 Å². The van der Waals surface area contributed by atoms with Crippen LogP contribution in [0.15, 0.2) is 48.5 Å². The highest BCUT2D eigenvalue weighted by molar-refractivity contribution is 6.03. The van der Waals surface area contributed by atoms with Gasteiger partial charge in [-0.05, 0) is 31.2 Å². The number of carbonyl (C=O) groups is 2.